The number of rotatable bonds is 3. The zero-order valence-corrected chi connectivity index (χ0v) is 20.6. The van der Waals surface area contributed by atoms with Gasteiger partial charge in [-0.1, -0.05) is 41.7 Å². The topological polar surface area (TPSA) is 114 Å². The van der Waals surface area contributed by atoms with Gasteiger partial charge in [-0.25, -0.2) is 4.68 Å². The van der Waals surface area contributed by atoms with E-state index in [9.17, 15) is 13.9 Å². The molecule has 4 aromatic rings. The van der Waals surface area contributed by atoms with Crippen molar-refractivity contribution in [3.63, 3.8) is 0 Å². The van der Waals surface area contributed by atoms with Gasteiger partial charge in [0.25, 0.3) is 5.91 Å². The Kier molecular flexibility index (Phi) is 5.46. The number of hydrogen-bond acceptors (Lipinski definition) is 8. The lowest BCUT2D eigenvalue weighted by atomic mass is 10.0. The van der Waals surface area contributed by atoms with Gasteiger partial charge in [-0.05, 0) is 25.1 Å². The molecule has 6 rings (SSSR count). The molecule has 2 aromatic heterocycles. The summed E-state index contributed by atoms with van der Waals surface area (Å²) >= 11 is 1.50. The zero-order chi connectivity index (χ0) is 24.2. The minimum atomic E-state index is -3.12. The number of amides is 1. The lowest BCUT2D eigenvalue weighted by Crippen LogP contribution is -2.41. The van der Waals surface area contributed by atoms with E-state index in [1.807, 2.05) is 43.3 Å². The summed E-state index contributed by atoms with van der Waals surface area (Å²) in [7, 11) is -3.12. The molecule has 2 aromatic carbocycles. The molecule has 180 valence electrons. The number of aryl methyl sites for hydroxylation is 1. The Morgan fingerprint density at radius 2 is 1.89 bits per heavy atom. The Hall–Kier alpha value is -3.09. The van der Waals surface area contributed by atoms with Crippen molar-refractivity contribution in [2.75, 3.05) is 26.3 Å². The number of aromatic nitrogens is 4. The van der Waals surface area contributed by atoms with E-state index in [4.69, 9.17) is 9.84 Å². The van der Waals surface area contributed by atoms with E-state index in [-0.39, 0.29) is 17.4 Å². The van der Waals surface area contributed by atoms with Crippen LogP contribution in [-0.4, -0.2) is 66.2 Å². The summed E-state index contributed by atoms with van der Waals surface area (Å²) < 4.78 is 29.2. The van der Waals surface area contributed by atoms with Crippen LogP contribution < -0.4 is 0 Å². The molecule has 4 heterocycles. The molecule has 1 amide bonds. The number of carbonyl (C=O) groups is 1. The van der Waals surface area contributed by atoms with Crippen LogP contribution in [0.3, 0.4) is 0 Å². The highest BCUT2D eigenvalue weighted by molar-refractivity contribution is 8.23. The second kappa shape index (κ2) is 8.54. The largest absolute Gasteiger partial charge is 0.378 e. The van der Waals surface area contributed by atoms with Gasteiger partial charge in [0.15, 0.2) is 5.69 Å². The molecule has 1 saturated heterocycles. The minimum Gasteiger partial charge on any atom is -0.378 e. The van der Waals surface area contributed by atoms with Crippen LogP contribution in [0.2, 0.25) is 0 Å². The van der Waals surface area contributed by atoms with Crippen LogP contribution >= 0.6 is 21.9 Å². The first-order chi connectivity index (χ1) is 16.9. The maximum Gasteiger partial charge on any atom is 0.274 e. The fraction of sp³-hybridized carbons (Fsp3) is 0.250. The molecule has 35 heavy (non-hydrogen) atoms. The first-order valence-corrected chi connectivity index (χ1v) is 13.7. The smallest absolute Gasteiger partial charge is 0.274 e. The number of nitrogens with zero attached hydrogens (tertiary/aromatic N) is 5. The summed E-state index contributed by atoms with van der Waals surface area (Å²) in [5.74, 6) is -0.283. The number of fused-ring (bicyclic) bond motifs is 3. The van der Waals surface area contributed by atoms with Crippen molar-refractivity contribution >= 4 is 27.8 Å². The predicted octanol–water partition coefficient (Wildman–Crippen LogP) is 4.46. The standard InChI is InChI=1S/C24H23N5O4S2/c1-15-25-26-23(34-15)16-5-4-6-17(13-16)29-22-18-7-2-3-8-20(18)35(31,32)14-19(22)21(27-29)24(30)28-9-11-33-12-10-28/h2-8,13,31-32H,9-12,14H2,1H3. The molecular formula is C24H23N5O4S2. The van der Waals surface area contributed by atoms with Crippen molar-refractivity contribution in [2.45, 2.75) is 17.6 Å². The van der Waals surface area contributed by atoms with Gasteiger partial charge in [0, 0.05) is 29.8 Å². The third-order valence-electron chi connectivity index (χ3n) is 6.19. The molecule has 0 spiro atoms. The predicted molar refractivity (Wildman–Crippen MR) is 134 cm³/mol. The Labute approximate surface area is 207 Å². The highest BCUT2D eigenvalue weighted by atomic mass is 32.3. The SMILES string of the molecule is Cc1nnc(-c2cccc(-n3nc(C(=O)N4CCOCC4)c4c3-c3ccccc3S(O)(O)C4)c2)s1. The zero-order valence-electron chi connectivity index (χ0n) is 18.9. The summed E-state index contributed by atoms with van der Waals surface area (Å²) in [5, 5.41) is 14.8. The lowest BCUT2D eigenvalue weighted by Gasteiger charge is -2.38. The minimum absolute atomic E-state index is 0.0555. The molecule has 2 aliphatic rings. The van der Waals surface area contributed by atoms with Crippen LogP contribution in [0.4, 0.5) is 0 Å². The molecule has 0 bridgehead atoms. The summed E-state index contributed by atoms with van der Waals surface area (Å²) in [4.78, 5) is 15.7. The number of morpholine rings is 1. The number of hydrogen-bond donors (Lipinski definition) is 2. The van der Waals surface area contributed by atoms with E-state index >= 15 is 0 Å². The van der Waals surface area contributed by atoms with Crippen LogP contribution in [0.25, 0.3) is 27.5 Å². The van der Waals surface area contributed by atoms with Crippen LogP contribution in [0, 0.1) is 6.92 Å². The van der Waals surface area contributed by atoms with Gasteiger partial charge < -0.3 is 9.64 Å². The van der Waals surface area contributed by atoms with Gasteiger partial charge in [-0.3, -0.25) is 13.9 Å². The molecule has 9 nitrogen and oxygen atoms in total. The second-order valence-corrected chi connectivity index (χ2v) is 11.7. The van der Waals surface area contributed by atoms with Gasteiger partial charge in [-0.15, -0.1) is 10.2 Å². The Morgan fingerprint density at radius 3 is 2.66 bits per heavy atom. The van der Waals surface area contributed by atoms with E-state index in [1.165, 1.54) is 11.3 Å². The molecule has 0 radical (unpaired) electrons. The van der Waals surface area contributed by atoms with Gasteiger partial charge in [-0.2, -0.15) is 15.7 Å². The van der Waals surface area contributed by atoms with Gasteiger partial charge >= 0.3 is 0 Å². The van der Waals surface area contributed by atoms with E-state index in [0.29, 0.717) is 48.0 Å². The summed E-state index contributed by atoms with van der Waals surface area (Å²) in [5.41, 5.74) is 3.81. The van der Waals surface area contributed by atoms with Crippen molar-refractivity contribution in [2.24, 2.45) is 0 Å². The normalized spacial score (nSPS) is 17.5. The molecule has 0 atom stereocenters. The van der Waals surface area contributed by atoms with Gasteiger partial charge in [0.1, 0.15) is 10.0 Å². The van der Waals surface area contributed by atoms with Crippen molar-refractivity contribution in [3.8, 4) is 27.5 Å². The van der Waals surface area contributed by atoms with Crippen molar-refractivity contribution in [1.29, 1.82) is 0 Å². The highest BCUT2D eigenvalue weighted by Crippen LogP contribution is 2.59. The van der Waals surface area contributed by atoms with Crippen LogP contribution in [0.1, 0.15) is 21.1 Å². The number of carbonyl (C=O) groups excluding carboxylic acids is 1. The maximum absolute atomic E-state index is 13.6. The van der Waals surface area contributed by atoms with Crippen molar-refractivity contribution in [1.82, 2.24) is 24.9 Å². The van der Waals surface area contributed by atoms with E-state index in [1.54, 1.807) is 21.7 Å². The van der Waals surface area contributed by atoms with Crippen LogP contribution in [-0.2, 0) is 10.5 Å². The Morgan fingerprint density at radius 1 is 1.09 bits per heavy atom. The van der Waals surface area contributed by atoms with Crippen LogP contribution in [0.15, 0.2) is 53.4 Å². The van der Waals surface area contributed by atoms with Crippen molar-refractivity contribution in [3.05, 3.63) is 64.8 Å². The third kappa shape index (κ3) is 3.85. The fourth-order valence-corrected chi connectivity index (χ4v) is 6.88. The Bertz CT molecular complexity index is 1440. The van der Waals surface area contributed by atoms with Gasteiger partial charge in [0.2, 0.25) is 0 Å². The molecule has 11 heteroatoms. The average molecular weight is 510 g/mol. The lowest BCUT2D eigenvalue weighted by molar-refractivity contribution is 0.0298. The molecule has 0 aliphatic carbocycles. The van der Waals surface area contributed by atoms with Crippen molar-refractivity contribution < 1.29 is 18.6 Å². The molecule has 2 N–H and O–H groups in total. The maximum atomic E-state index is 13.6. The summed E-state index contributed by atoms with van der Waals surface area (Å²) in [6.45, 7) is 3.79. The fourth-order valence-electron chi connectivity index (χ4n) is 4.55. The molecular weight excluding hydrogens is 486 g/mol. The van der Waals surface area contributed by atoms with E-state index in [0.717, 1.165) is 21.3 Å². The summed E-state index contributed by atoms with van der Waals surface area (Å²) in [6, 6.07) is 15.0. The van der Waals surface area contributed by atoms with Crippen LogP contribution in [0.5, 0.6) is 0 Å². The molecule has 0 saturated carbocycles. The van der Waals surface area contributed by atoms with E-state index < -0.39 is 10.6 Å². The second-order valence-electron chi connectivity index (χ2n) is 8.48. The monoisotopic (exact) mass is 509 g/mol. The molecule has 0 unspecified atom stereocenters. The number of benzene rings is 2. The first kappa shape index (κ1) is 22.4. The van der Waals surface area contributed by atoms with Gasteiger partial charge in [0.05, 0.1) is 35.2 Å². The molecule has 1 fully saturated rings. The average Bonchev–Trinajstić information content (AvgIpc) is 3.48. The first-order valence-electron chi connectivity index (χ1n) is 11.2. The quantitative estimate of drug-likeness (QED) is 0.419. The highest BCUT2D eigenvalue weighted by Gasteiger charge is 2.37. The van der Waals surface area contributed by atoms with E-state index in [2.05, 4.69) is 10.2 Å². The third-order valence-corrected chi connectivity index (χ3v) is 8.83. The Balaban J connectivity index is 1.55. The number of ether oxygens (including phenoxy) is 1. The molecule has 2 aliphatic heterocycles. The summed E-state index contributed by atoms with van der Waals surface area (Å²) in [6.07, 6.45) is 0.